The Morgan fingerprint density at radius 1 is 1.24 bits per heavy atom. The van der Waals surface area contributed by atoms with Crippen molar-refractivity contribution in [2.75, 3.05) is 11.9 Å². The third-order valence-corrected chi connectivity index (χ3v) is 3.17. The monoisotopic (exact) mass is 292 g/mol. The molecule has 0 fully saturated rings. The molecule has 0 heterocycles. The van der Waals surface area contributed by atoms with Crippen LogP contribution >= 0.6 is 0 Å². The van der Waals surface area contributed by atoms with Gasteiger partial charge >= 0.3 is 12.0 Å². The number of rotatable bonds is 5. The zero-order valence-corrected chi connectivity index (χ0v) is 13.3. The van der Waals surface area contributed by atoms with E-state index in [0.29, 0.717) is 23.7 Å². The van der Waals surface area contributed by atoms with Gasteiger partial charge in [-0.3, -0.25) is 0 Å². The number of benzene rings is 1. The van der Waals surface area contributed by atoms with Crippen LogP contribution in [0.1, 0.15) is 43.6 Å². The molecular formula is C16H24N2O3. The Morgan fingerprint density at radius 2 is 1.86 bits per heavy atom. The van der Waals surface area contributed by atoms with Crippen molar-refractivity contribution < 1.29 is 14.7 Å². The van der Waals surface area contributed by atoms with Crippen LogP contribution in [0.4, 0.5) is 10.5 Å². The molecule has 0 bridgehead atoms. The number of carbonyl (C=O) groups is 2. The molecule has 2 N–H and O–H groups in total. The van der Waals surface area contributed by atoms with Gasteiger partial charge in [-0.25, -0.2) is 9.59 Å². The quantitative estimate of drug-likeness (QED) is 0.871. The van der Waals surface area contributed by atoms with E-state index in [1.165, 1.54) is 6.07 Å². The zero-order valence-electron chi connectivity index (χ0n) is 13.3. The third-order valence-electron chi connectivity index (χ3n) is 3.17. The second-order valence-electron chi connectivity index (χ2n) is 5.90. The average molecular weight is 292 g/mol. The fraction of sp³-hybridized carbons (Fsp3) is 0.500. The van der Waals surface area contributed by atoms with Crippen LogP contribution in [0.2, 0.25) is 0 Å². The number of carboxylic acids is 1. The Morgan fingerprint density at radius 3 is 2.33 bits per heavy atom. The van der Waals surface area contributed by atoms with Crippen LogP contribution in [0.15, 0.2) is 18.2 Å². The summed E-state index contributed by atoms with van der Waals surface area (Å²) in [6, 6.07) is 4.77. The van der Waals surface area contributed by atoms with Crippen LogP contribution in [0.3, 0.4) is 0 Å². The normalized spacial score (nSPS) is 10.8. The van der Waals surface area contributed by atoms with Crippen molar-refractivity contribution in [1.29, 1.82) is 0 Å². The maximum Gasteiger partial charge on any atom is 0.336 e. The number of hydrogen-bond acceptors (Lipinski definition) is 2. The summed E-state index contributed by atoms with van der Waals surface area (Å²) in [5.41, 5.74) is 1.37. The first kappa shape index (κ1) is 17.0. The van der Waals surface area contributed by atoms with Gasteiger partial charge in [-0.2, -0.15) is 0 Å². The van der Waals surface area contributed by atoms with Crippen LogP contribution in [-0.4, -0.2) is 34.6 Å². The van der Waals surface area contributed by atoms with Gasteiger partial charge in [0.1, 0.15) is 0 Å². The van der Waals surface area contributed by atoms with Crippen LogP contribution in [0.25, 0.3) is 0 Å². The van der Waals surface area contributed by atoms with E-state index in [2.05, 4.69) is 19.2 Å². The lowest BCUT2D eigenvalue weighted by atomic mass is 10.1. The maximum atomic E-state index is 12.3. The van der Waals surface area contributed by atoms with Gasteiger partial charge in [-0.1, -0.05) is 19.9 Å². The predicted octanol–water partition coefficient (Wildman–Crippen LogP) is 3.59. The van der Waals surface area contributed by atoms with Gasteiger partial charge < -0.3 is 15.3 Å². The van der Waals surface area contributed by atoms with Crippen molar-refractivity contribution in [3.8, 4) is 0 Å². The molecular weight excluding hydrogens is 268 g/mol. The van der Waals surface area contributed by atoms with Crippen molar-refractivity contribution in [2.24, 2.45) is 5.92 Å². The predicted molar refractivity (Wildman–Crippen MR) is 83.8 cm³/mol. The minimum absolute atomic E-state index is 0.0804. The lowest BCUT2D eigenvalue weighted by Crippen LogP contribution is -2.42. The molecule has 5 heteroatoms. The largest absolute Gasteiger partial charge is 0.478 e. The first-order valence-electron chi connectivity index (χ1n) is 7.14. The smallest absolute Gasteiger partial charge is 0.336 e. The summed E-state index contributed by atoms with van der Waals surface area (Å²) in [4.78, 5) is 25.2. The van der Waals surface area contributed by atoms with Crippen LogP contribution in [0, 0.1) is 12.8 Å². The summed E-state index contributed by atoms with van der Waals surface area (Å²) >= 11 is 0. The topological polar surface area (TPSA) is 69.6 Å². The Hall–Kier alpha value is -2.04. The molecule has 0 aliphatic carbocycles. The summed E-state index contributed by atoms with van der Waals surface area (Å²) in [5, 5.41) is 11.9. The van der Waals surface area contributed by atoms with Crippen molar-refractivity contribution in [2.45, 2.75) is 40.7 Å². The van der Waals surface area contributed by atoms with Crippen LogP contribution in [-0.2, 0) is 0 Å². The van der Waals surface area contributed by atoms with Crippen LogP contribution < -0.4 is 5.32 Å². The SMILES string of the molecule is Cc1ccc(NC(=O)N(CC(C)C)C(C)C)cc1C(=O)O. The number of carboxylic acid groups (broad SMARTS) is 1. The minimum atomic E-state index is -0.994. The number of aromatic carboxylic acids is 1. The molecule has 0 aliphatic rings. The summed E-state index contributed by atoms with van der Waals surface area (Å²) in [6.45, 7) is 10.4. The van der Waals surface area contributed by atoms with Gasteiger partial charge in [0, 0.05) is 18.3 Å². The molecule has 0 aromatic heterocycles. The number of nitrogens with zero attached hydrogens (tertiary/aromatic N) is 1. The average Bonchev–Trinajstić information content (AvgIpc) is 2.37. The number of amides is 2. The Bertz CT molecular complexity index is 524. The highest BCUT2D eigenvalue weighted by atomic mass is 16.4. The fourth-order valence-corrected chi connectivity index (χ4v) is 2.05. The van der Waals surface area contributed by atoms with Crippen molar-refractivity contribution in [3.05, 3.63) is 29.3 Å². The summed E-state index contributed by atoms with van der Waals surface area (Å²) in [5.74, 6) is -0.628. The van der Waals surface area contributed by atoms with E-state index in [-0.39, 0.29) is 17.6 Å². The number of aryl methyl sites for hydroxylation is 1. The molecule has 0 saturated heterocycles. The van der Waals surface area contributed by atoms with Gasteiger partial charge in [0.05, 0.1) is 5.56 Å². The number of nitrogens with one attached hydrogen (secondary N) is 1. The van der Waals surface area contributed by atoms with Gasteiger partial charge in [0.15, 0.2) is 0 Å². The molecule has 0 saturated carbocycles. The molecule has 0 radical (unpaired) electrons. The van der Waals surface area contributed by atoms with E-state index in [0.717, 1.165) is 0 Å². The summed E-state index contributed by atoms with van der Waals surface area (Å²) in [7, 11) is 0. The third kappa shape index (κ3) is 4.77. The summed E-state index contributed by atoms with van der Waals surface area (Å²) in [6.07, 6.45) is 0. The lowest BCUT2D eigenvalue weighted by Gasteiger charge is -2.28. The molecule has 1 aromatic carbocycles. The van der Waals surface area contributed by atoms with Crippen LogP contribution in [0.5, 0.6) is 0 Å². The van der Waals surface area contributed by atoms with E-state index < -0.39 is 5.97 Å². The molecule has 0 spiro atoms. The molecule has 5 nitrogen and oxygen atoms in total. The van der Waals surface area contributed by atoms with E-state index in [1.807, 2.05) is 13.8 Å². The fourth-order valence-electron chi connectivity index (χ4n) is 2.05. The summed E-state index contributed by atoms with van der Waals surface area (Å²) < 4.78 is 0. The molecule has 21 heavy (non-hydrogen) atoms. The number of urea groups is 1. The number of anilines is 1. The molecule has 116 valence electrons. The Kier molecular flexibility index (Phi) is 5.76. The molecule has 0 aliphatic heterocycles. The van der Waals surface area contributed by atoms with E-state index >= 15 is 0 Å². The first-order chi connectivity index (χ1) is 9.72. The van der Waals surface area contributed by atoms with Gasteiger partial charge in [-0.15, -0.1) is 0 Å². The maximum absolute atomic E-state index is 12.3. The Balaban J connectivity index is 2.91. The van der Waals surface area contributed by atoms with Crippen molar-refractivity contribution in [3.63, 3.8) is 0 Å². The number of hydrogen-bond donors (Lipinski definition) is 2. The molecule has 2 amide bonds. The molecule has 1 aromatic rings. The van der Waals surface area contributed by atoms with E-state index in [1.54, 1.807) is 24.0 Å². The molecule has 1 rings (SSSR count). The minimum Gasteiger partial charge on any atom is -0.478 e. The molecule has 0 atom stereocenters. The highest BCUT2D eigenvalue weighted by Crippen LogP contribution is 2.17. The molecule has 0 unspecified atom stereocenters. The lowest BCUT2D eigenvalue weighted by molar-refractivity contribution is 0.0696. The van der Waals surface area contributed by atoms with Crippen molar-refractivity contribution in [1.82, 2.24) is 4.90 Å². The number of carbonyl (C=O) groups excluding carboxylic acids is 1. The van der Waals surface area contributed by atoms with E-state index in [9.17, 15) is 9.59 Å². The van der Waals surface area contributed by atoms with E-state index in [4.69, 9.17) is 5.11 Å². The Labute approximate surface area is 126 Å². The first-order valence-corrected chi connectivity index (χ1v) is 7.14. The van der Waals surface area contributed by atoms with Gasteiger partial charge in [-0.05, 0) is 44.4 Å². The second kappa shape index (κ2) is 7.11. The second-order valence-corrected chi connectivity index (χ2v) is 5.90. The van der Waals surface area contributed by atoms with Crippen molar-refractivity contribution >= 4 is 17.7 Å². The zero-order chi connectivity index (χ0) is 16.2. The standard InChI is InChI=1S/C16H24N2O3/c1-10(2)9-18(11(3)4)16(21)17-13-7-6-12(5)14(8-13)15(19)20/h6-8,10-11H,9H2,1-5H3,(H,17,21)(H,19,20). The van der Waals surface area contributed by atoms with Gasteiger partial charge in [0.2, 0.25) is 0 Å². The highest BCUT2D eigenvalue weighted by Gasteiger charge is 2.18. The highest BCUT2D eigenvalue weighted by molar-refractivity contribution is 5.94. The van der Waals surface area contributed by atoms with Gasteiger partial charge in [0.25, 0.3) is 0 Å².